The maximum atomic E-state index is 13.4. The zero-order valence-corrected chi connectivity index (χ0v) is 20.1. The molecule has 0 unspecified atom stereocenters. The molecule has 1 aromatic heterocycles. The van der Waals surface area contributed by atoms with Crippen LogP contribution in [0.5, 0.6) is 5.75 Å². The van der Waals surface area contributed by atoms with Crippen LogP contribution in [0.15, 0.2) is 35.7 Å². The van der Waals surface area contributed by atoms with Crippen LogP contribution in [0, 0.1) is 5.82 Å². The monoisotopic (exact) mass is 480 g/mol. The van der Waals surface area contributed by atoms with Crippen molar-refractivity contribution in [3.8, 4) is 5.75 Å². The number of carbonyl (C=O) groups excluding carboxylic acids is 1. The van der Waals surface area contributed by atoms with Gasteiger partial charge in [-0.3, -0.25) is 9.69 Å². The second-order valence-electron chi connectivity index (χ2n) is 8.11. The molecule has 1 aromatic carbocycles. The zero-order valence-electron chi connectivity index (χ0n) is 19.2. The smallest absolute Gasteiger partial charge is 0.237 e. The number of methoxy groups -OCH3 is 2. The van der Waals surface area contributed by atoms with Gasteiger partial charge in [-0.1, -0.05) is 0 Å². The van der Waals surface area contributed by atoms with Gasteiger partial charge in [-0.15, -0.1) is 11.3 Å². The highest BCUT2D eigenvalue weighted by atomic mass is 32.1. The third-order valence-electron chi connectivity index (χ3n) is 5.65. The molecule has 1 amide bonds. The second-order valence-corrected chi connectivity index (χ2v) is 9.11. The lowest BCUT2D eigenvalue weighted by atomic mass is 10.0. The van der Waals surface area contributed by atoms with Crippen LogP contribution in [0.3, 0.4) is 0 Å². The maximum Gasteiger partial charge on any atom is 0.237 e. The second kappa shape index (κ2) is 13.0. The Morgan fingerprint density at radius 2 is 2.06 bits per heavy atom. The zero-order chi connectivity index (χ0) is 23.6. The number of fused-ring (bicyclic) bond motifs is 1. The van der Waals surface area contributed by atoms with Gasteiger partial charge in [0.2, 0.25) is 5.91 Å². The Hall–Kier alpha value is -2.04. The maximum absolute atomic E-state index is 13.4. The summed E-state index contributed by atoms with van der Waals surface area (Å²) in [7, 11) is 3.19. The average molecular weight is 481 g/mol. The first-order valence-corrected chi connectivity index (χ1v) is 12.0. The molecule has 0 aliphatic carbocycles. The molecule has 1 N–H and O–H groups in total. The highest BCUT2D eigenvalue weighted by Crippen LogP contribution is 2.34. The van der Waals surface area contributed by atoms with E-state index in [1.165, 1.54) is 17.0 Å². The normalized spacial score (nSPS) is 16.6. The van der Waals surface area contributed by atoms with Crippen LogP contribution in [0.2, 0.25) is 0 Å². The van der Waals surface area contributed by atoms with Crippen molar-refractivity contribution in [2.24, 2.45) is 0 Å². The van der Waals surface area contributed by atoms with Gasteiger partial charge in [0.15, 0.2) is 0 Å². The molecule has 3 rings (SSSR count). The third-order valence-corrected chi connectivity index (χ3v) is 6.64. The lowest BCUT2D eigenvalue weighted by Gasteiger charge is -2.37. The van der Waals surface area contributed by atoms with E-state index < -0.39 is 6.10 Å². The molecule has 1 aliphatic heterocycles. The predicted octanol–water partition coefficient (Wildman–Crippen LogP) is 2.74. The third kappa shape index (κ3) is 7.48. The van der Waals surface area contributed by atoms with E-state index in [1.54, 1.807) is 37.7 Å². The first kappa shape index (κ1) is 25.6. The van der Waals surface area contributed by atoms with E-state index in [0.29, 0.717) is 32.0 Å². The van der Waals surface area contributed by atoms with Gasteiger partial charge in [0.05, 0.1) is 25.3 Å². The number of aliphatic hydroxyl groups is 1. The van der Waals surface area contributed by atoms with E-state index in [0.717, 1.165) is 18.4 Å². The number of ether oxygens (including phenoxy) is 3. The van der Waals surface area contributed by atoms with Crippen molar-refractivity contribution in [1.29, 1.82) is 0 Å². The Morgan fingerprint density at radius 3 is 2.79 bits per heavy atom. The van der Waals surface area contributed by atoms with Gasteiger partial charge in [0.1, 0.15) is 18.2 Å². The summed E-state index contributed by atoms with van der Waals surface area (Å²) in [5.41, 5.74) is 1.10. The lowest BCUT2D eigenvalue weighted by Crippen LogP contribution is -2.48. The standard InChI is InChI=1S/C24H33FN2O5S/c1-30-12-3-10-26(14-19(28)16-31-2)15-24(29)27-11-8-23-21(9-13-33-23)22(27)17-32-20-6-4-18(25)5-7-20/h4-7,9,13,19,22,28H,3,8,10-12,14-17H2,1-2H3/t19-,22+/m0/s1. The molecule has 1 aliphatic rings. The van der Waals surface area contributed by atoms with Crippen LogP contribution >= 0.6 is 11.3 Å². The molecule has 33 heavy (non-hydrogen) atoms. The van der Waals surface area contributed by atoms with Crippen molar-refractivity contribution in [2.45, 2.75) is 25.0 Å². The van der Waals surface area contributed by atoms with Gasteiger partial charge < -0.3 is 24.2 Å². The van der Waals surface area contributed by atoms with Crippen LogP contribution in [-0.4, -0.2) is 87.1 Å². The fourth-order valence-corrected chi connectivity index (χ4v) is 5.00. The van der Waals surface area contributed by atoms with Gasteiger partial charge in [0, 0.05) is 45.3 Å². The van der Waals surface area contributed by atoms with Gasteiger partial charge >= 0.3 is 0 Å². The van der Waals surface area contributed by atoms with E-state index in [1.807, 2.05) is 15.2 Å². The largest absolute Gasteiger partial charge is 0.491 e. The van der Waals surface area contributed by atoms with E-state index in [4.69, 9.17) is 14.2 Å². The molecule has 0 fully saturated rings. The SMILES string of the molecule is COCCCN(CC(=O)N1CCc2sccc2[C@H]1COc1ccc(F)cc1)C[C@H](O)COC. The van der Waals surface area contributed by atoms with Gasteiger partial charge in [-0.05, 0) is 54.1 Å². The molecule has 2 atom stereocenters. The molecule has 0 spiro atoms. The summed E-state index contributed by atoms with van der Waals surface area (Å²) in [6.45, 7) is 2.86. The van der Waals surface area contributed by atoms with Crippen molar-refractivity contribution in [1.82, 2.24) is 9.80 Å². The number of hydrogen-bond acceptors (Lipinski definition) is 7. The van der Waals surface area contributed by atoms with E-state index in [-0.39, 0.29) is 37.5 Å². The number of benzene rings is 1. The van der Waals surface area contributed by atoms with Crippen molar-refractivity contribution in [3.05, 3.63) is 52.0 Å². The predicted molar refractivity (Wildman–Crippen MR) is 125 cm³/mol. The fourth-order valence-electron chi connectivity index (χ4n) is 4.07. The Bertz CT molecular complexity index is 863. The summed E-state index contributed by atoms with van der Waals surface area (Å²) in [6, 6.07) is 7.73. The molecule has 2 aromatic rings. The number of amides is 1. The van der Waals surface area contributed by atoms with Crippen LogP contribution < -0.4 is 4.74 Å². The summed E-state index contributed by atoms with van der Waals surface area (Å²) < 4.78 is 29.4. The van der Waals surface area contributed by atoms with Gasteiger partial charge in [0.25, 0.3) is 0 Å². The summed E-state index contributed by atoms with van der Waals surface area (Å²) in [6.07, 6.45) is 0.893. The number of carbonyl (C=O) groups is 1. The number of thiophene rings is 1. The summed E-state index contributed by atoms with van der Waals surface area (Å²) in [5.74, 6) is 0.234. The summed E-state index contributed by atoms with van der Waals surface area (Å²) >= 11 is 1.69. The van der Waals surface area contributed by atoms with Crippen molar-refractivity contribution >= 4 is 17.2 Å². The Labute approximate surface area is 198 Å². The minimum Gasteiger partial charge on any atom is -0.491 e. The summed E-state index contributed by atoms with van der Waals surface area (Å²) in [5, 5.41) is 12.3. The Kier molecular flexibility index (Phi) is 10.1. The van der Waals surface area contributed by atoms with Crippen LogP contribution in [0.1, 0.15) is 22.9 Å². The minimum absolute atomic E-state index is 0.0124. The van der Waals surface area contributed by atoms with Gasteiger partial charge in [-0.2, -0.15) is 0 Å². The van der Waals surface area contributed by atoms with Crippen molar-refractivity contribution < 1.29 is 28.5 Å². The van der Waals surface area contributed by atoms with Crippen LogP contribution in [0.4, 0.5) is 4.39 Å². The van der Waals surface area contributed by atoms with E-state index in [2.05, 4.69) is 6.07 Å². The highest BCUT2D eigenvalue weighted by Gasteiger charge is 2.33. The Morgan fingerprint density at radius 1 is 1.27 bits per heavy atom. The quantitative estimate of drug-likeness (QED) is 0.445. The highest BCUT2D eigenvalue weighted by molar-refractivity contribution is 7.10. The minimum atomic E-state index is -0.673. The first-order chi connectivity index (χ1) is 16.0. The fraction of sp³-hybridized carbons (Fsp3) is 0.542. The molecular weight excluding hydrogens is 447 g/mol. The molecule has 0 radical (unpaired) electrons. The number of rotatable bonds is 13. The van der Waals surface area contributed by atoms with E-state index in [9.17, 15) is 14.3 Å². The average Bonchev–Trinajstić information content (AvgIpc) is 3.28. The molecule has 182 valence electrons. The molecule has 7 nitrogen and oxygen atoms in total. The molecule has 9 heteroatoms. The van der Waals surface area contributed by atoms with Gasteiger partial charge in [-0.25, -0.2) is 4.39 Å². The number of nitrogens with zero attached hydrogens (tertiary/aromatic N) is 2. The first-order valence-electron chi connectivity index (χ1n) is 11.1. The molecular formula is C24H33FN2O5S. The summed E-state index contributed by atoms with van der Waals surface area (Å²) in [4.78, 5) is 18.5. The Balaban J connectivity index is 1.69. The van der Waals surface area contributed by atoms with Crippen molar-refractivity contribution in [3.63, 3.8) is 0 Å². The van der Waals surface area contributed by atoms with Crippen molar-refractivity contribution in [2.75, 3.05) is 60.2 Å². The topological polar surface area (TPSA) is 71.5 Å². The lowest BCUT2D eigenvalue weighted by molar-refractivity contribution is -0.136. The molecule has 0 saturated carbocycles. The number of hydrogen-bond donors (Lipinski definition) is 1. The van der Waals surface area contributed by atoms with E-state index >= 15 is 0 Å². The molecule has 2 heterocycles. The number of aliphatic hydroxyl groups excluding tert-OH is 1. The van der Waals surface area contributed by atoms with Crippen LogP contribution in [-0.2, 0) is 20.7 Å². The molecule has 0 bridgehead atoms. The number of halogens is 1. The van der Waals surface area contributed by atoms with Crippen LogP contribution in [0.25, 0.3) is 0 Å². The molecule has 0 saturated heterocycles.